The molecular formula is C12H26CoN3-. The Labute approximate surface area is 111 Å². The van der Waals surface area contributed by atoms with Crippen LogP contribution in [-0.4, -0.2) is 44.0 Å². The van der Waals surface area contributed by atoms with Gasteiger partial charge in [0.1, 0.15) is 0 Å². The Morgan fingerprint density at radius 3 is 2.31 bits per heavy atom. The fourth-order valence-electron chi connectivity index (χ4n) is 1.42. The fraction of sp³-hybridized carbons (Fsp3) is 0.917. The standard InChI is InChI=1S/C12H26N3.Co/c1-7-11(3)14-12(4)13-8-10(2)9-15(5)6;/h10-11H,7-9H2,1-6H3;/q-1;. The van der Waals surface area contributed by atoms with Gasteiger partial charge in [0.05, 0.1) is 0 Å². The minimum Gasteiger partial charge on any atom is -0.469 e. The summed E-state index contributed by atoms with van der Waals surface area (Å²) in [6.07, 6.45) is 1.08. The minimum absolute atomic E-state index is 0. The number of rotatable bonds is 6. The molecule has 2 unspecified atom stereocenters. The first-order valence-corrected chi connectivity index (χ1v) is 5.82. The molecule has 4 heteroatoms. The molecule has 1 radical (unpaired) electrons. The minimum atomic E-state index is 0. The second kappa shape index (κ2) is 10.1. The van der Waals surface area contributed by atoms with Crippen LogP contribution in [-0.2, 0) is 16.8 Å². The summed E-state index contributed by atoms with van der Waals surface area (Å²) in [5, 5.41) is 4.49. The number of nitrogens with zero attached hydrogens (tertiary/aromatic N) is 3. The summed E-state index contributed by atoms with van der Waals surface area (Å²) in [7, 11) is 4.19. The fourth-order valence-corrected chi connectivity index (χ4v) is 1.42. The first-order chi connectivity index (χ1) is 6.95. The van der Waals surface area contributed by atoms with E-state index in [0.717, 1.165) is 25.3 Å². The van der Waals surface area contributed by atoms with Gasteiger partial charge in [-0.05, 0) is 46.1 Å². The summed E-state index contributed by atoms with van der Waals surface area (Å²) >= 11 is 0. The number of hydrogen-bond acceptors (Lipinski definition) is 2. The van der Waals surface area contributed by atoms with Crippen LogP contribution < -0.4 is 0 Å². The second-order valence-corrected chi connectivity index (χ2v) is 4.64. The molecule has 0 N–H and O–H groups in total. The van der Waals surface area contributed by atoms with E-state index >= 15 is 0 Å². The van der Waals surface area contributed by atoms with Gasteiger partial charge in [0.15, 0.2) is 0 Å². The normalized spacial score (nSPS) is 15.6. The van der Waals surface area contributed by atoms with Gasteiger partial charge in [-0.2, -0.15) is 0 Å². The van der Waals surface area contributed by atoms with E-state index in [4.69, 9.17) is 0 Å². The maximum absolute atomic E-state index is 4.49. The first kappa shape index (κ1) is 18.3. The molecule has 0 aliphatic rings. The summed E-state index contributed by atoms with van der Waals surface area (Å²) in [6, 6.07) is 0.401. The van der Waals surface area contributed by atoms with Crippen molar-refractivity contribution in [2.75, 3.05) is 27.2 Å². The van der Waals surface area contributed by atoms with Crippen molar-refractivity contribution in [1.29, 1.82) is 0 Å². The van der Waals surface area contributed by atoms with E-state index in [1.807, 2.05) is 6.92 Å². The van der Waals surface area contributed by atoms with Crippen molar-refractivity contribution in [2.24, 2.45) is 10.9 Å². The van der Waals surface area contributed by atoms with Crippen LogP contribution in [0.3, 0.4) is 0 Å². The summed E-state index contributed by atoms with van der Waals surface area (Å²) < 4.78 is 0. The monoisotopic (exact) mass is 271 g/mol. The number of aliphatic imine (C=N–C) groups is 1. The van der Waals surface area contributed by atoms with Gasteiger partial charge in [0.2, 0.25) is 0 Å². The van der Waals surface area contributed by atoms with Crippen molar-refractivity contribution in [3.8, 4) is 0 Å². The van der Waals surface area contributed by atoms with Crippen molar-refractivity contribution >= 4 is 5.84 Å². The Bertz CT molecular complexity index is 193. The topological polar surface area (TPSA) is 29.7 Å². The van der Waals surface area contributed by atoms with Gasteiger partial charge in [0.25, 0.3) is 0 Å². The molecule has 0 bridgehead atoms. The molecule has 16 heavy (non-hydrogen) atoms. The molecule has 0 fully saturated rings. The van der Waals surface area contributed by atoms with Gasteiger partial charge in [-0.1, -0.05) is 33.0 Å². The molecule has 0 saturated carbocycles. The smallest absolute Gasteiger partial charge is 0 e. The molecule has 0 aromatic carbocycles. The van der Waals surface area contributed by atoms with Gasteiger partial charge in [0, 0.05) is 16.8 Å². The summed E-state index contributed by atoms with van der Waals surface area (Å²) in [6.45, 7) is 10.5. The van der Waals surface area contributed by atoms with Crippen molar-refractivity contribution in [3.05, 3.63) is 5.32 Å². The van der Waals surface area contributed by atoms with Crippen LogP contribution in [0.5, 0.6) is 0 Å². The predicted molar refractivity (Wildman–Crippen MR) is 68.8 cm³/mol. The van der Waals surface area contributed by atoms with Crippen LogP contribution in [0.25, 0.3) is 5.32 Å². The van der Waals surface area contributed by atoms with Crippen LogP contribution in [0, 0.1) is 5.92 Å². The molecule has 99 valence electrons. The molecule has 0 aromatic rings. The molecule has 0 heterocycles. The largest absolute Gasteiger partial charge is 0.469 e. The molecule has 0 rings (SSSR count). The molecule has 0 aliphatic carbocycles. The van der Waals surface area contributed by atoms with Crippen LogP contribution >= 0.6 is 0 Å². The maximum Gasteiger partial charge on any atom is 0 e. The Kier molecular flexibility index (Phi) is 11.6. The van der Waals surface area contributed by atoms with Gasteiger partial charge in [-0.3, -0.25) is 0 Å². The Balaban J connectivity index is 0. The molecule has 0 aromatic heterocycles. The Hall–Kier alpha value is -0.0635. The third-order valence-electron chi connectivity index (χ3n) is 2.31. The molecule has 0 aliphatic heterocycles. The summed E-state index contributed by atoms with van der Waals surface area (Å²) in [4.78, 5) is 6.68. The van der Waals surface area contributed by atoms with Gasteiger partial charge in [-0.15, -0.1) is 0 Å². The summed E-state index contributed by atoms with van der Waals surface area (Å²) in [5.74, 6) is 1.54. The van der Waals surface area contributed by atoms with Crippen molar-refractivity contribution in [1.82, 2.24) is 4.90 Å². The molecule has 2 atom stereocenters. The average molecular weight is 271 g/mol. The maximum atomic E-state index is 4.49. The van der Waals surface area contributed by atoms with Gasteiger partial charge in [-0.25, -0.2) is 0 Å². The quantitative estimate of drug-likeness (QED) is 0.539. The van der Waals surface area contributed by atoms with Crippen LogP contribution in [0.4, 0.5) is 0 Å². The third-order valence-corrected chi connectivity index (χ3v) is 2.31. The van der Waals surface area contributed by atoms with E-state index in [2.05, 4.69) is 50.1 Å². The average Bonchev–Trinajstić information content (AvgIpc) is 2.13. The molecule has 3 nitrogen and oxygen atoms in total. The first-order valence-electron chi connectivity index (χ1n) is 5.82. The molecular weight excluding hydrogens is 245 g/mol. The van der Waals surface area contributed by atoms with Crippen LogP contribution in [0.1, 0.15) is 34.1 Å². The van der Waals surface area contributed by atoms with E-state index in [9.17, 15) is 0 Å². The summed E-state index contributed by atoms with van der Waals surface area (Å²) in [5.41, 5.74) is 0. The van der Waals surface area contributed by atoms with Crippen molar-refractivity contribution in [2.45, 2.75) is 40.2 Å². The van der Waals surface area contributed by atoms with Gasteiger partial charge >= 0.3 is 0 Å². The molecule has 0 amide bonds. The second-order valence-electron chi connectivity index (χ2n) is 4.64. The zero-order valence-electron chi connectivity index (χ0n) is 11.5. The SMILES string of the molecule is CCC(C)N=C(C)[N-]CC(C)CN(C)C.[Co]. The molecule has 0 saturated heterocycles. The van der Waals surface area contributed by atoms with Crippen molar-refractivity contribution in [3.63, 3.8) is 0 Å². The van der Waals surface area contributed by atoms with E-state index in [1.54, 1.807) is 0 Å². The number of amidine groups is 1. The van der Waals surface area contributed by atoms with Gasteiger partial charge < -0.3 is 15.2 Å². The third kappa shape index (κ3) is 10.5. The van der Waals surface area contributed by atoms with Crippen LogP contribution in [0.15, 0.2) is 4.99 Å². The zero-order chi connectivity index (χ0) is 11.8. The zero-order valence-corrected chi connectivity index (χ0v) is 12.5. The van der Waals surface area contributed by atoms with E-state index < -0.39 is 0 Å². The Morgan fingerprint density at radius 2 is 1.88 bits per heavy atom. The van der Waals surface area contributed by atoms with E-state index in [-0.39, 0.29) is 16.8 Å². The van der Waals surface area contributed by atoms with E-state index in [1.165, 1.54) is 0 Å². The predicted octanol–water partition coefficient (Wildman–Crippen LogP) is 2.77. The van der Waals surface area contributed by atoms with E-state index in [0.29, 0.717) is 12.0 Å². The number of hydrogen-bond donors (Lipinski definition) is 0. The molecule has 0 spiro atoms. The Morgan fingerprint density at radius 1 is 1.31 bits per heavy atom. The van der Waals surface area contributed by atoms with Crippen LogP contribution in [0.2, 0.25) is 0 Å². The van der Waals surface area contributed by atoms with Crippen molar-refractivity contribution < 1.29 is 16.8 Å².